The molecule has 1 heteroatoms. The van der Waals surface area contributed by atoms with Crippen LogP contribution in [0.2, 0.25) is 0 Å². The van der Waals surface area contributed by atoms with Crippen LogP contribution in [0, 0.1) is 13.8 Å². The highest BCUT2D eigenvalue weighted by Crippen LogP contribution is 2.40. The molecule has 1 heterocycles. The van der Waals surface area contributed by atoms with Crippen LogP contribution < -0.4 is 0 Å². The Morgan fingerprint density at radius 3 is 1.66 bits per heavy atom. The maximum absolute atomic E-state index is 2.46. The van der Waals surface area contributed by atoms with Gasteiger partial charge in [0.05, 0.1) is 16.7 Å². The molecule has 5 aromatic carbocycles. The summed E-state index contributed by atoms with van der Waals surface area (Å²) in [6, 6.07) is 33.2. The van der Waals surface area contributed by atoms with E-state index in [9.17, 15) is 0 Å². The molecule has 1 aromatic heterocycles. The van der Waals surface area contributed by atoms with E-state index in [0.29, 0.717) is 0 Å². The van der Waals surface area contributed by atoms with Crippen LogP contribution in [0.5, 0.6) is 0 Å². The summed E-state index contributed by atoms with van der Waals surface area (Å²) < 4.78 is 2.46. The van der Waals surface area contributed by atoms with Gasteiger partial charge in [0.25, 0.3) is 0 Å². The molecule has 0 aliphatic heterocycles. The van der Waals surface area contributed by atoms with Crippen molar-refractivity contribution in [2.24, 2.45) is 0 Å². The summed E-state index contributed by atoms with van der Waals surface area (Å²) in [5.74, 6) is 0. The number of aromatic nitrogens is 1. The SMILES string of the molecule is Cc1ccc2c(-n3c4ccccc4c4ccccc43)c3ccccc3c(C)c2c1. The lowest BCUT2D eigenvalue weighted by atomic mass is 9.94. The van der Waals surface area contributed by atoms with E-state index in [1.807, 2.05) is 0 Å². The summed E-state index contributed by atoms with van der Waals surface area (Å²) in [4.78, 5) is 0. The van der Waals surface area contributed by atoms with Gasteiger partial charge in [-0.1, -0.05) is 84.4 Å². The van der Waals surface area contributed by atoms with Gasteiger partial charge >= 0.3 is 0 Å². The van der Waals surface area contributed by atoms with Gasteiger partial charge in [-0.3, -0.25) is 0 Å². The van der Waals surface area contributed by atoms with E-state index in [2.05, 4.69) is 109 Å². The molecule has 0 aliphatic rings. The molecule has 0 fully saturated rings. The molecule has 0 N–H and O–H groups in total. The van der Waals surface area contributed by atoms with Crippen LogP contribution in [-0.2, 0) is 0 Å². The van der Waals surface area contributed by atoms with Crippen molar-refractivity contribution in [3.63, 3.8) is 0 Å². The molecule has 138 valence electrons. The highest BCUT2D eigenvalue weighted by Gasteiger charge is 2.18. The Morgan fingerprint density at radius 1 is 0.483 bits per heavy atom. The average Bonchev–Trinajstić information content (AvgIpc) is 3.09. The van der Waals surface area contributed by atoms with E-state index in [-0.39, 0.29) is 0 Å². The van der Waals surface area contributed by atoms with E-state index in [4.69, 9.17) is 0 Å². The standard InChI is InChI=1S/C28H21N/c1-18-15-16-24-25(17-18)19(2)20-9-3-4-12-23(20)28(24)29-26-13-7-5-10-21(26)22-11-6-8-14-27(22)29/h3-17H,1-2H3. The Labute approximate surface area is 169 Å². The average molecular weight is 371 g/mol. The van der Waals surface area contributed by atoms with Crippen LogP contribution in [0.25, 0.3) is 49.0 Å². The smallest absolute Gasteiger partial charge is 0.0619 e. The second-order valence-corrected chi connectivity index (χ2v) is 7.94. The number of hydrogen-bond donors (Lipinski definition) is 0. The molecule has 0 aliphatic carbocycles. The largest absolute Gasteiger partial charge is 0.308 e. The Kier molecular flexibility index (Phi) is 3.36. The summed E-state index contributed by atoms with van der Waals surface area (Å²) in [7, 11) is 0. The van der Waals surface area contributed by atoms with Gasteiger partial charge in [-0.25, -0.2) is 0 Å². The molecule has 29 heavy (non-hydrogen) atoms. The molecule has 0 bridgehead atoms. The van der Waals surface area contributed by atoms with E-state index in [0.717, 1.165) is 0 Å². The number of para-hydroxylation sites is 2. The maximum atomic E-state index is 2.46. The Morgan fingerprint density at radius 2 is 1.00 bits per heavy atom. The number of hydrogen-bond acceptors (Lipinski definition) is 0. The lowest BCUT2D eigenvalue weighted by Crippen LogP contribution is -1.99. The predicted molar refractivity (Wildman–Crippen MR) is 125 cm³/mol. The molecular formula is C28H21N. The number of fused-ring (bicyclic) bond motifs is 5. The molecule has 0 amide bonds. The highest BCUT2D eigenvalue weighted by atomic mass is 15.0. The minimum absolute atomic E-state index is 1.25. The van der Waals surface area contributed by atoms with Crippen molar-refractivity contribution in [1.82, 2.24) is 4.57 Å². The van der Waals surface area contributed by atoms with E-state index in [1.165, 1.54) is 60.2 Å². The zero-order valence-corrected chi connectivity index (χ0v) is 16.6. The van der Waals surface area contributed by atoms with Crippen molar-refractivity contribution in [1.29, 1.82) is 0 Å². The highest BCUT2D eigenvalue weighted by molar-refractivity contribution is 6.16. The summed E-state index contributed by atoms with van der Waals surface area (Å²) in [6.45, 7) is 4.42. The Hall–Kier alpha value is -3.58. The van der Waals surface area contributed by atoms with Crippen LogP contribution >= 0.6 is 0 Å². The first kappa shape index (κ1) is 16.4. The summed E-state index contributed by atoms with van der Waals surface area (Å²) in [5.41, 5.74) is 6.43. The van der Waals surface area contributed by atoms with Gasteiger partial charge in [0.15, 0.2) is 0 Å². The zero-order chi connectivity index (χ0) is 19.5. The lowest BCUT2D eigenvalue weighted by Gasteiger charge is -2.18. The lowest BCUT2D eigenvalue weighted by molar-refractivity contribution is 1.21. The molecule has 6 rings (SSSR count). The van der Waals surface area contributed by atoms with Gasteiger partial charge in [-0.05, 0) is 42.3 Å². The van der Waals surface area contributed by atoms with E-state index >= 15 is 0 Å². The van der Waals surface area contributed by atoms with Gasteiger partial charge in [0.1, 0.15) is 0 Å². The quantitative estimate of drug-likeness (QED) is 0.261. The maximum Gasteiger partial charge on any atom is 0.0619 e. The summed E-state index contributed by atoms with van der Waals surface area (Å²) >= 11 is 0. The van der Waals surface area contributed by atoms with Crippen molar-refractivity contribution in [3.8, 4) is 5.69 Å². The molecule has 0 spiro atoms. The monoisotopic (exact) mass is 371 g/mol. The van der Waals surface area contributed by atoms with Crippen LogP contribution in [0.1, 0.15) is 11.1 Å². The minimum Gasteiger partial charge on any atom is -0.308 e. The number of rotatable bonds is 1. The van der Waals surface area contributed by atoms with Crippen LogP contribution in [0.4, 0.5) is 0 Å². The first-order valence-electron chi connectivity index (χ1n) is 10.1. The van der Waals surface area contributed by atoms with Gasteiger partial charge in [0.2, 0.25) is 0 Å². The van der Waals surface area contributed by atoms with Crippen molar-refractivity contribution < 1.29 is 0 Å². The molecule has 0 saturated heterocycles. The van der Waals surface area contributed by atoms with Gasteiger partial charge in [0, 0.05) is 21.5 Å². The molecule has 0 radical (unpaired) electrons. The van der Waals surface area contributed by atoms with Crippen molar-refractivity contribution in [2.75, 3.05) is 0 Å². The van der Waals surface area contributed by atoms with E-state index in [1.54, 1.807) is 0 Å². The third-order valence-electron chi connectivity index (χ3n) is 6.22. The summed E-state index contributed by atoms with van der Waals surface area (Å²) in [6.07, 6.45) is 0. The van der Waals surface area contributed by atoms with Crippen molar-refractivity contribution in [3.05, 3.63) is 102 Å². The molecule has 1 nitrogen and oxygen atoms in total. The minimum atomic E-state index is 1.25. The fourth-order valence-electron chi connectivity index (χ4n) is 4.89. The normalized spacial score (nSPS) is 11.8. The van der Waals surface area contributed by atoms with Crippen LogP contribution in [-0.4, -0.2) is 4.57 Å². The first-order chi connectivity index (χ1) is 14.2. The number of aryl methyl sites for hydroxylation is 2. The third-order valence-corrected chi connectivity index (χ3v) is 6.22. The zero-order valence-electron chi connectivity index (χ0n) is 16.6. The van der Waals surface area contributed by atoms with Crippen molar-refractivity contribution in [2.45, 2.75) is 13.8 Å². The first-order valence-corrected chi connectivity index (χ1v) is 10.1. The van der Waals surface area contributed by atoms with Gasteiger partial charge < -0.3 is 4.57 Å². The van der Waals surface area contributed by atoms with Crippen molar-refractivity contribution >= 4 is 43.4 Å². The third kappa shape index (κ3) is 2.22. The van der Waals surface area contributed by atoms with Gasteiger partial charge in [-0.15, -0.1) is 0 Å². The molecule has 0 unspecified atom stereocenters. The molecule has 0 atom stereocenters. The van der Waals surface area contributed by atoms with Crippen LogP contribution in [0.15, 0.2) is 91.0 Å². The number of nitrogens with zero attached hydrogens (tertiary/aromatic N) is 1. The molecule has 6 aromatic rings. The fourth-order valence-corrected chi connectivity index (χ4v) is 4.89. The second kappa shape index (κ2) is 5.96. The van der Waals surface area contributed by atoms with Gasteiger partial charge in [-0.2, -0.15) is 0 Å². The van der Waals surface area contributed by atoms with Crippen LogP contribution in [0.3, 0.4) is 0 Å². The predicted octanol–water partition coefficient (Wildman–Crippen LogP) is 7.71. The second-order valence-electron chi connectivity index (χ2n) is 7.94. The fraction of sp³-hybridized carbons (Fsp3) is 0.0714. The topological polar surface area (TPSA) is 4.93 Å². The Bertz CT molecular complexity index is 1510. The molecule has 0 saturated carbocycles. The summed E-state index contributed by atoms with van der Waals surface area (Å²) in [5, 5.41) is 7.86. The molecular weight excluding hydrogens is 350 g/mol. The van der Waals surface area contributed by atoms with E-state index < -0.39 is 0 Å². The Balaban J connectivity index is 1.94. The number of benzene rings is 5.